The fraction of sp³-hybridized carbons (Fsp3) is 0.158. The van der Waals surface area contributed by atoms with Crippen LogP contribution in [0.1, 0.15) is 24.2 Å². The molecule has 2 aromatic rings. The van der Waals surface area contributed by atoms with Crippen LogP contribution in [0.5, 0.6) is 5.75 Å². The predicted octanol–water partition coefficient (Wildman–Crippen LogP) is 4.56. The van der Waals surface area contributed by atoms with Gasteiger partial charge in [-0.25, -0.2) is 4.79 Å². The van der Waals surface area contributed by atoms with Crippen LogP contribution in [0.15, 0.2) is 54.1 Å². The highest BCUT2D eigenvalue weighted by molar-refractivity contribution is 6.31. The van der Waals surface area contributed by atoms with Crippen molar-refractivity contribution in [1.29, 1.82) is 5.26 Å². The molecule has 0 amide bonds. The molecule has 0 bridgehead atoms. The minimum absolute atomic E-state index is 0.0842. The van der Waals surface area contributed by atoms with Gasteiger partial charge in [-0.1, -0.05) is 41.9 Å². The molecule has 1 atom stereocenters. The molecule has 0 saturated carbocycles. The fourth-order valence-corrected chi connectivity index (χ4v) is 2.39. The highest BCUT2D eigenvalue weighted by atomic mass is 35.5. The molecule has 0 fully saturated rings. The first-order chi connectivity index (χ1) is 11.5. The van der Waals surface area contributed by atoms with Gasteiger partial charge in [0.25, 0.3) is 0 Å². The number of nitrogens with zero attached hydrogens (tertiary/aromatic N) is 1. The molecule has 24 heavy (non-hydrogen) atoms. The van der Waals surface area contributed by atoms with Crippen LogP contribution in [-0.2, 0) is 9.53 Å². The number of hydrogen-bond acceptors (Lipinski definition) is 4. The second kappa shape index (κ2) is 8.19. The first-order valence-corrected chi connectivity index (χ1v) is 7.64. The van der Waals surface area contributed by atoms with Crippen molar-refractivity contribution in [3.63, 3.8) is 0 Å². The average Bonchev–Trinajstić information content (AvgIpc) is 2.60. The Bertz CT molecular complexity index is 791. The summed E-state index contributed by atoms with van der Waals surface area (Å²) in [4.78, 5) is 12.2. The van der Waals surface area contributed by atoms with Gasteiger partial charge in [-0.2, -0.15) is 5.26 Å². The topological polar surface area (TPSA) is 59.3 Å². The van der Waals surface area contributed by atoms with Gasteiger partial charge in [0.1, 0.15) is 23.5 Å². The molecular formula is C19H16ClNO3. The van der Waals surface area contributed by atoms with Crippen molar-refractivity contribution in [2.75, 3.05) is 7.11 Å². The summed E-state index contributed by atoms with van der Waals surface area (Å²) >= 11 is 6.09. The molecule has 0 unspecified atom stereocenters. The van der Waals surface area contributed by atoms with E-state index in [9.17, 15) is 10.1 Å². The van der Waals surface area contributed by atoms with E-state index in [2.05, 4.69) is 0 Å². The molecule has 0 radical (unpaired) electrons. The van der Waals surface area contributed by atoms with Crippen LogP contribution < -0.4 is 4.74 Å². The summed E-state index contributed by atoms with van der Waals surface area (Å²) in [6, 6.07) is 16.0. The van der Waals surface area contributed by atoms with Crippen LogP contribution >= 0.6 is 11.6 Å². The zero-order valence-corrected chi connectivity index (χ0v) is 14.1. The van der Waals surface area contributed by atoms with Gasteiger partial charge in [-0.05, 0) is 36.8 Å². The minimum Gasteiger partial charge on any atom is -0.497 e. The average molecular weight is 342 g/mol. The Morgan fingerprint density at radius 1 is 1.21 bits per heavy atom. The van der Waals surface area contributed by atoms with Gasteiger partial charge < -0.3 is 9.47 Å². The number of ether oxygens (including phenoxy) is 2. The van der Waals surface area contributed by atoms with Crippen LogP contribution in [0.2, 0.25) is 5.02 Å². The lowest BCUT2D eigenvalue weighted by atomic mass is 10.1. The molecule has 0 spiro atoms. The number of nitriles is 1. The van der Waals surface area contributed by atoms with Crippen molar-refractivity contribution in [3.05, 3.63) is 70.3 Å². The van der Waals surface area contributed by atoms with Gasteiger partial charge in [0.05, 0.1) is 7.11 Å². The summed E-state index contributed by atoms with van der Waals surface area (Å²) in [5.41, 5.74) is 1.31. The number of carbonyl (C=O) groups is 1. The summed E-state index contributed by atoms with van der Waals surface area (Å²) < 4.78 is 10.4. The third-order valence-electron chi connectivity index (χ3n) is 3.39. The molecule has 0 saturated heterocycles. The maximum absolute atomic E-state index is 12.2. The minimum atomic E-state index is -0.694. The molecule has 0 aliphatic carbocycles. The molecule has 0 aliphatic rings. The zero-order chi connectivity index (χ0) is 17.5. The van der Waals surface area contributed by atoms with E-state index in [0.29, 0.717) is 21.9 Å². The van der Waals surface area contributed by atoms with E-state index in [1.165, 1.54) is 6.08 Å². The number of carbonyl (C=O) groups excluding carboxylic acids is 1. The van der Waals surface area contributed by atoms with Crippen LogP contribution in [0.3, 0.4) is 0 Å². The molecular weight excluding hydrogens is 326 g/mol. The predicted molar refractivity (Wildman–Crippen MR) is 92.5 cm³/mol. The maximum atomic E-state index is 12.2. The standard InChI is InChI=1S/C19H16ClNO3/c1-13(17-5-3-4-6-18(17)20)24-19(22)15(12-21)11-14-7-9-16(23-2)10-8-14/h3-11,13H,1-2H3/b15-11+/t13-/m0/s1. The van der Waals surface area contributed by atoms with Gasteiger partial charge in [0, 0.05) is 10.6 Å². The third-order valence-corrected chi connectivity index (χ3v) is 3.74. The normalized spacial score (nSPS) is 12.2. The summed E-state index contributed by atoms with van der Waals surface area (Å²) in [6.07, 6.45) is 0.917. The van der Waals surface area contributed by atoms with Gasteiger partial charge in [0.2, 0.25) is 0 Å². The summed E-state index contributed by atoms with van der Waals surface area (Å²) in [6.45, 7) is 1.71. The fourth-order valence-electron chi connectivity index (χ4n) is 2.10. The van der Waals surface area contributed by atoms with Gasteiger partial charge in [-0.15, -0.1) is 0 Å². The quantitative estimate of drug-likeness (QED) is 0.454. The molecule has 0 aliphatic heterocycles. The SMILES string of the molecule is COc1ccc(/C=C(\C#N)C(=O)O[C@@H](C)c2ccccc2Cl)cc1. The Kier molecular flexibility index (Phi) is 6.00. The Morgan fingerprint density at radius 2 is 1.88 bits per heavy atom. The second-order valence-electron chi connectivity index (χ2n) is 5.01. The smallest absolute Gasteiger partial charge is 0.349 e. The Morgan fingerprint density at radius 3 is 2.46 bits per heavy atom. The third kappa shape index (κ3) is 4.37. The maximum Gasteiger partial charge on any atom is 0.349 e. The van der Waals surface area contributed by atoms with E-state index in [0.717, 1.165) is 0 Å². The lowest BCUT2D eigenvalue weighted by molar-refractivity contribution is -0.143. The highest BCUT2D eigenvalue weighted by Crippen LogP contribution is 2.26. The number of rotatable bonds is 5. The number of halogens is 1. The van der Waals surface area contributed by atoms with Gasteiger partial charge in [-0.3, -0.25) is 0 Å². The van der Waals surface area contributed by atoms with Crippen molar-refractivity contribution in [2.24, 2.45) is 0 Å². The Hall–Kier alpha value is -2.77. The van der Waals surface area contributed by atoms with E-state index in [4.69, 9.17) is 21.1 Å². The Labute approximate surface area is 145 Å². The zero-order valence-electron chi connectivity index (χ0n) is 13.3. The molecule has 122 valence electrons. The molecule has 0 heterocycles. The lowest BCUT2D eigenvalue weighted by Gasteiger charge is -2.14. The van der Waals surface area contributed by atoms with E-state index in [1.807, 2.05) is 12.1 Å². The van der Waals surface area contributed by atoms with Crippen molar-refractivity contribution in [1.82, 2.24) is 0 Å². The Balaban J connectivity index is 2.15. The molecule has 2 aromatic carbocycles. The summed E-state index contributed by atoms with van der Waals surface area (Å²) in [7, 11) is 1.57. The number of hydrogen-bond donors (Lipinski definition) is 0. The van der Waals surface area contributed by atoms with E-state index >= 15 is 0 Å². The first-order valence-electron chi connectivity index (χ1n) is 7.26. The molecule has 0 aromatic heterocycles. The lowest BCUT2D eigenvalue weighted by Crippen LogP contribution is -2.11. The molecule has 2 rings (SSSR count). The van der Waals surface area contributed by atoms with Crippen LogP contribution in [0.25, 0.3) is 6.08 Å². The number of benzene rings is 2. The van der Waals surface area contributed by atoms with E-state index < -0.39 is 12.1 Å². The second-order valence-corrected chi connectivity index (χ2v) is 5.42. The van der Waals surface area contributed by atoms with E-state index in [-0.39, 0.29) is 5.57 Å². The number of methoxy groups -OCH3 is 1. The van der Waals surface area contributed by atoms with Crippen molar-refractivity contribution in [3.8, 4) is 11.8 Å². The van der Waals surface area contributed by atoms with E-state index in [1.54, 1.807) is 56.5 Å². The molecule has 0 N–H and O–H groups in total. The van der Waals surface area contributed by atoms with Crippen molar-refractivity contribution < 1.29 is 14.3 Å². The highest BCUT2D eigenvalue weighted by Gasteiger charge is 2.17. The molecule has 4 nitrogen and oxygen atoms in total. The first kappa shape index (κ1) is 17.6. The van der Waals surface area contributed by atoms with Crippen molar-refractivity contribution >= 4 is 23.6 Å². The van der Waals surface area contributed by atoms with Crippen LogP contribution in [-0.4, -0.2) is 13.1 Å². The summed E-state index contributed by atoms with van der Waals surface area (Å²) in [5, 5.41) is 9.74. The summed E-state index contributed by atoms with van der Waals surface area (Å²) in [5.74, 6) is 0.00122. The largest absolute Gasteiger partial charge is 0.497 e. The van der Waals surface area contributed by atoms with Gasteiger partial charge in [0.15, 0.2) is 0 Å². The monoisotopic (exact) mass is 341 g/mol. The van der Waals surface area contributed by atoms with Crippen LogP contribution in [0, 0.1) is 11.3 Å². The van der Waals surface area contributed by atoms with Crippen LogP contribution in [0.4, 0.5) is 0 Å². The number of esters is 1. The molecule has 5 heteroatoms. The van der Waals surface area contributed by atoms with Crippen molar-refractivity contribution in [2.45, 2.75) is 13.0 Å². The van der Waals surface area contributed by atoms with Gasteiger partial charge >= 0.3 is 5.97 Å².